The van der Waals surface area contributed by atoms with Crippen molar-refractivity contribution >= 4 is 12.1 Å². The van der Waals surface area contributed by atoms with E-state index < -0.39 is 17.4 Å². The fourth-order valence-electron chi connectivity index (χ4n) is 3.59. The fourth-order valence-corrected chi connectivity index (χ4v) is 3.59. The minimum absolute atomic E-state index is 0.00538. The molecule has 0 radical (unpaired) electrons. The highest BCUT2D eigenvalue weighted by atomic mass is 19.1. The Morgan fingerprint density at radius 2 is 2.00 bits per heavy atom. The van der Waals surface area contributed by atoms with Crippen LogP contribution < -0.4 is 4.74 Å². The van der Waals surface area contributed by atoms with Gasteiger partial charge in [-0.2, -0.15) is 0 Å². The van der Waals surface area contributed by atoms with E-state index in [1.807, 2.05) is 20.8 Å². The number of benzene rings is 1. The van der Waals surface area contributed by atoms with Crippen LogP contribution >= 0.6 is 0 Å². The smallest absolute Gasteiger partial charge is 0.410 e. The summed E-state index contributed by atoms with van der Waals surface area (Å²) in [6, 6.07) is 3.17. The number of amides is 1. The van der Waals surface area contributed by atoms with Crippen molar-refractivity contribution in [2.75, 3.05) is 0 Å². The topological polar surface area (TPSA) is 76.1 Å². The first-order valence-electron chi connectivity index (χ1n) is 8.36. The molecule has 0 aromatic heterocycles. The summed E-state index contributed by atoms with van der Waals surface area (Å²) in [7, 11) is 0. The van der Waals surface area contributed by atoms with Gasteiger partial charge in [0.1, 0.15) is 28.8 Å². The van der Waals surface area contributed by atoms with Crippen LogP contribution in [0, 0.1) is 5.82 Å². The number of rotatable bonds is 3. The van der Waals surface area contributed by atoms with Gasteiger partial charge in [-0.25, -0.2) is 14.0 Å². The van der Waals surface area contributed by atoms with Gasteiger partial charge in [0.25, 0.3) is 0 Å². The number of carboxylic acid groups (broad SMARTS) is 1. The minimum atomic E-state index is -1.18. The summed E-state index contributed by atoms with van der Waals surface area (Å²) in [6.07, 6.45) is 1.44. The SMILES string of the molecule is CC(C)(C)OC(=O)N1C2CCC1[C@H](Oc1cc(F)ccc1C(=O)O)C2. The third-order valence-corrected chi connectivity index (χ3v) is 4.54. The van der Waals surface area contributed by atoms with Crippen molar-refractivity contribution in [1.82, 2.24) is 4.90 Å². The summed E-state index contributed by atoms with van der Waals surface area (Å²) in [6.45, 7) is 5.42. The van der Waals surface area contributed by atoms with Gasteiger partial charge in [-0.3, -0.25) is 4.90 Å². The normalized spacial score (nSPS) is 25.1. The molecule has 136 valence electrons. The first-order valence-corrected chi connectivity index (χ1v) is 8.36. The van der Waals surface area contributed by atoms with E-state index in [1.54, 1.807) is 4.90 Å². The Hall–Kier alpha value is -2.31. The molecule has 1 aromatic rings. The van der Waals surface area contributed by atoms with E-state index in [4.69, 9.17) is 9.47 Å². The van der Waals surface area contributed by atoms with Crippen LogP contribution in [0.15, 0.2) is 18.2 Å². The first kappa shape index (κ1) is 17.5. The van der Waals surface area contributed by atoms with Gasteiger partial charge < -0.3 is 14.6 Å². The zero-order valence-electron chi connectivity index (χ0n) is 14.5. The van der Waals surface area contributed by atoms with E-state index in [0.29, 0.717) is 6.42 Å². The van der Waals surface area contributed by atoms with Crippen molar-refractivity contribution in [2.24, 2.45) is 0 Å². The van der Waals surface area contributed by atoms with E-state index in [2.05, 4.69) is 0 Å². The van der Waals surface area contributed by atoms with Crippen LogP contribution in [0.1, 0.15) is 50.4 Å². The Labute approximate surface area is 145 Å². The Bertz CT molecular complexity index is 699. The summed E-state index contributed by atoms with van der Waals surface area (Å²) in [5.41, 5.74) is -0.679. The van der Waals surface area contributed by atoms with Gasteiger partial charge >= 0.3 is 12.1 Å². The molecule has 0 aliphatic carbocycles. The number of fused-ring (bicyclic) bond motifs is 2. The number of carboxylic acids is 1. The number of halogens is 1. The Balaban J connectivity index is 1.77. The molecular formula is C18H22FNO5. The maximum atomic E-state index is 13.5. The highest BCUT2D eigenvalue weighted by molar-refractivity contribution is 5.90. The lowest BCUT2D eigenvalue weighted by Gasteiger charge is -2.28. The summed E-state index contributed by atoms with van der Waals surface area (Å²) in [5.74, 6) is -1.75. The van der Waals surface area contributed by atoms with Crippen LogP contribution in [0.25, 0.3) is 0 Å². The minimum Gasteiger partial charge on any atom is -0.487 e. The predicted molar refractivity (Wildman–Crippen MR) is 87.3 cm³/mol. The van der Waals surface area contributed by atoms with Gasteiger partial charge in [-0.1, -0.05) is 0 Å². The van der Waals surface area contributed by atoms with Crippen molar-refractivity contribution in [3.05, 3.63) is 29.6 Å². The van der Waals surface area contributed by atoms with E-state index in [1.165, 1.54) is 6.07 Å². The van der Waals surface area contributed by atoms with Crippen LogP contribution in [0.2, 0.25) is 0 Å². The molecule has 2 fully saturated rings. The fraction of sp³-hybridized carbons (Fsp3) is 0.556. The molecule has 2 aliphatic heterocycles. The van der Waals surface area contributed by atoms with Crippen molar-refractivity contribution in [3.8, 4) is 5.75 Å². The quantitative estimate of drug-likeness (QED) is 0.903. The molecule has 2 unspecified atom stereocenters. The highest BCUT2D eigenvalue weighted by Crippen LogP contribution is 2.41. The second kappa shape index (κ2) is 6.20. The molecular weight excluding hydrogens is 329 g/mol. The number of aromatic carboxylic acids is 1. The monoisotopic (exact) mass is 351 g/mol. The molecule has 2 heterocycles. The van der Waals surface area contributed by atoms with Crippen LogP contribution in [0.3, 0.4) is 0 Å². The summed E-state index contributed by atoms with van der Waals surface area (Å²) >= 11 is 0. The molecule has 2 saturated heterocycles. The zero-order valence-corrected chi connectivity index (χ0v) is 14.5. The van der Waals surface area contributed by atoms with Crippen LogP contribution in [-0.2, 0) is 4.74 Å². The molecule has 2 aliphatic rings. The average molecular weight is 351 g/mol. The van der Waals surface area contributed by atoms with Gasteiger partial charge in [0.15, 0.2) is 0 Å². The number of carbonyl (C=O) groups excluding carboxylic acids is 1. The van der Waals surface area contributed by atoms with Gasteiger partial charge in [0.2, 0.25) is 0 Å². The van der Waals surface area contributed by atoms with Crippen molar-refractivity contribution in [3.63, 3.8) is 0 Å². The van der Waals surface area contributed by atoms with E-state index in [-0.39, 0.29) is 35.6 Å². The van der Waals surface area contributed by atoms with Crippen LogP contribution in [0.4, 0.5) is 9.18 Å². The molecule has 7 heteroatoms. The molecule has 0 saturated carbocycles. The first-order chi connectivity index (χ1) is 11.7. The maximum absolute atomic E-state index is 13.5. The molecule has 2 bridgehead atoms. The zero-order chi connectivity index (χ0) is 18.4. The molecule has 0 spiro atoms. The predicted octanol–water partition coefficient (Wildman–Crippen LogP) is 3.44. The highest BCUT2D eigenvalue weighted by Gasteiger charge is 2.51. The lowest BCUT2D eigenvalue weighted by Crippen LogP contribution is -2.42. The summed E-state index contributed by atoms with van der Waals surface area (Å²) in [4.78, 5) is 25.4. The Kier molecular flexibility index (Phi) is 4.34. The van der Waals surface area contributed by atoms with Gasteiger partial charge in [-0.05, 0) is 45.7 Å². The van der Waals surface area contributed by atoms with Crippen LogP contribution in [0.5, 0.6) is 5.75 Å². The standard InChI is InChI=1S/C18H22FNO5/c1-18(2,3)25-17(23)20-11-5-7-13(20)15(9-11)24-14-8-10(19)4-6-12(14)16(21)22/h4,6,8,11,13,15H,5,7,9H2,1-3H3,(H,21,22)/t11?,13?,15-/m1/s1. The molecule has 3 rings (SSSR count). The molecule has 25 heavy (non-hydrogen) atoms. The maximum Gasteiger partial charge on any atom is 0.410 e. The van der Waals surface area contributed by atoms with Gasteiger partial charge in [0.05, 0.1) is 6.04 Å². The number of carbonyl (C=O) groups is 2. The molecule has 1 aromatic carbocycles. The van der Waals surface area contributed by atoms with Crippen LogP contribution in [-0.4, -0.2) is 45.9 Å². The Morgan fingerprint density at radius 1 is 1.28 bits per heavy atom. The summed E-state index contributed by atoms with van der Waals surface area (Å²) in [5, 5.41) is 9.24. The number of ether oxygens (including phenoxy) is 2. The third-order valence-electron chi connectivity index (χ3n) is 4.54. The number of hydrogen-bond donors (Lipinski definition) is 1. The largest absolute Gasteiger partial charge is 0.487 e. The Morgan fingerprint density at radius 3 is 2.64 bits per heavy atom. The number of hydrogen-bond acceptors (Lipinski definition) is 4. The average Bonchev–Trinajstić information content (AvgIpc) is 3.02. The van der Waals surface area contributed by atoms with E-state index in [9.17, 15) is 19.1 Å². The lowest BCUT2D eigenvalue weighted by atomic mass is 9.97. The molecule has 6 nitrogen and oxygen atoms in total. The van der Waals surface area contributed by atoms with Crippen molar-refractivity contribution in [1.29, 1.82) is 0 Å². The van der Waals surface area contributed by atoms with Crippen molar-refractivity contribution < 1.29 is 28.6 Å². The lowest BCUT2D eigenvalue weighted by molar-refractivity contribution is 0.0180. The second-order valence-electron chi connectivity index (χ2n) is 7.52. The van der Waals surface area contributed by atoms with Gasteiger partial charge in [0, 0.05) is 18.5 Å². The molecule has 1 N–H and O–H groups in total. The molecule has 3 atom stereocenters. The van der Waals surface area contributed by atoms with Crippen molar-refractivity contribution in [2.45, 2.75) is 63.8 Å². The third kappa shape index (κ3) is 3.55. The number of nitrogens with zero attached hydrogens (tertiary/aromatic N) is 1. The van der Waals surface area contributed by atoms with Gasteiger partial charge in [-0.15, -0.1) is 0 Å². The summed E-state index contributed by atoms with van der Waals surface area (Å²) < 4.78 is 24.8. The molecule has 1 amide bonds. The van der Waals surface area contributed by atoms with E-state index >= 15 is 0 Å². The van der Waals surface area contributed by atoms with E-state index in [0.717, 1.165) is 25.0 Å². The second-order valence-corrected chi connectivity index (χ2v) is 7.52.